The van der Waals surface area contributed by atoms with Gasteiger partial charge in [0.2, 0.25) is 13.1 Å². The Morgan fingerprint density at radius 2 is 2.07 bits per heavy atom. The lowest BCUT2D eigenvalue weighted by molar-refractivity contribution is -0.147. The Balaban J connectivity index is 1.48. The zero-order valence-electron chi connectivity index (χ0n) is 15.9. The first-order chi connectivity index (χ1) is 13.7. The molecule has 0 bridgehead atoms. The van der Waals surface area contributed by atoms with Gasteiger partial charge in [-0.25, -0.2) is 0 Å². The zero-order valence-corrected chi connectivity index (χ0v) is 15.9. The molecule has 7 heteroatoms. The minimum Gasteiger partial charge on any atom is -0.459 e. The predicted octanol–water partition coefficient (Wildman–Crippen LogP) is 2.59. The number of rotatable bonds is 8. The molecule has 1 aliphatic carbocycles. The zero-order chi connectivity index (χ0) is 19.3. The minimum absolute atomic E-state index is 0.0202. The van der Waals surface area contributed by atoms with Gasteiger partial charge in [-0.3, -0.25) is 4.79 Å². The van der Waals surface area contributed by atoms with Gasteiger partial charge in [0, 0.05) is 25.0 Å². The summed E-state index contributed by atoms with van der Waals surface area (Å²) in [6.07, 6.45) is 6.61. The minimum atomic E-state index is -0.499. The summed E-state index contributed by atoms with van der Waals surface area (Å²) in [6, 6.07) is 6.09. The van der Waals surface area contributed by atoms with Crippen molar-refractivity contribution in [2.75, 3.05) is 20.0 Å². The number of ether oxygens (including phenoxy) is 4. The molecular weight excluding hydrogens is 362 g/mol. The third kappa shape index (κ3) is 4.42. The summed E-state index contributed by atoms with van der Waals surface area (Å²) in [4.78, 5) is 12.6. The smallest absolute Gasteiger partial charge is 0.286 e. The molecule has 0 unspecified atom stereocenters. The van der Waals surface area contributed by atoms with Gasteiger partial charge >= 0.3 is 0 Å². The fourth-order valence-electron chi connectivity index (χ4n) is 3.53. The highest BCUT2D eigenvalue weighted by Gasteiger charge is 2.31. The molecule has 1 aromatic carbocycles. The summed E-state index contributed by atoms with van der Waals surface area (Å²) >= 11 is 0. The molecule has 28 heavy (non-hydrogen) atoms. The summed E-state index contributed by atoms with van der Waals surface area (Å²) in [7, 11) is 0. The van der Waals surface area contributed by atoms with Crippen molar-refractivity contribution in [1.29, 1.82) is 0 Å². The Morgan fingerprint density at radius 1 is 1.21 bits per heavy atom. The first-order valence-electron chi connectivity index (χ1n) is 10.0. The van der Waals surface area contributed by atoms with Crippen LogP contribution in [0.25, 0.3) is 0 Å². The molecule has 4 rings (SSSR count). The Kier molecular flexibility index (Phi) is 6.02. The number of hydrogen-bond donors (Lipinski definition) is 2. The Hall–Kier alpha value is -2.25. The number of allylic oxidation sites excluding steroid dienone is 1. The van der Waals surface area contributed by atoms with E-state index >= 15 is 0 Å². The van der Waals surface area contributed by atoms with E-state index in [9.17, 15) is 4.79 Å². The SMILES string of the molecule is O=C(NC1CCC1)C1=C[C@H](c2ccc3c(c2)OCO3)C[C@H](OCCCCO)O1. The molecule has 1 fully saturated rings. The second kappa shape index (κ2) is 8.84. The summed E-state index contributed by atoms with van der Waals surface area (Å²) in [5.74, 6) is 1.57. The molecule has 0 radical (unpaired) electrons. The second-order valence-corrected chi connectivity index (χ2v) is 7.44. The van der Waals surface area contributed by atoms with Crippen LogP contribution in [0.4, 0.5) is 0 Å². The third-order valence-corrected chi connectivity index (χ3v) is 5.40. The van der Waals surface area contributed by atoms with Crippen molar-refractivity contribution in [3.8, 4) is 11.5 Å². The van der Waals surface area contributed by atoms with Gasteiger partial charge in [0.15, 0.2) is 17.3 Å². The number of nitrogens with one attached hydrogen (secondary N) is 1. The van der Waals surface area contributed by atoms with E-state index in [1.165, 1.54) is 0 Å². The Bertz CT molecular complexity index is 730. The average molecular weight is 389 g/mol. The van der Waals surface area contributed by atoms with Crippen LogP contribution in [-0.4, -0.2) is 43.4 Å². The molecular formula is C21H27NO6. The molecule has 7 nitrogen and oxygen atoms in total. The molecule has 3 aliphatic rings. The maximum atomic E-state index is 12.6. The molecule has 2 N–H and O–H groups in total. The average Bonchev–Trinajstić information content (AvgIpc) is 3.15. The first kappa shape index (κ1) is 19.1. The standard InChI is InChI=1S/C21H27NO6/c23-8-1-2-9-25-20-12-15(14-6-7-17-18(10-14)27-13-26-17)11-19(28-20)21(24)22-16-4-3-5-16/h6-7,10-11,15-16,20,23H,1-5,8-9,12-13H2,(H,22,24)/t15-,20+/m0/s1. The van der Waals surface area contributed by atoms with Crippen molar-refractivity contribution in [2.24, 2.45) is 0 Å². The van der Waals surface area contributed by atoms with E-state index in [0.29, 0.717) is 25.2 Å². The molecule has 1 aromatic rings. The van der Waals surface area contributed by atoms with E-state index in [1.807, 2.05) is 24.3 Å². The van der Waals surface area contributed by atoms with Crippen molar-refractivity contribution >= 4 is 5.91 Å². The molecule has 0 saturated heterocycles. The quantitative estimate of drug-likeness (QED) is 0.665. The van der Waals surface area contributed by atoms with E-state index in [4.69, 9.17) is 24.1 Å². The predicted molar refractivity (Wildman–Crippen MR) is 101 cm³/mol. The highest BCUT2D eigenvalue weighted by atomic mass is 16.7. The van der Waals surface area contributed by atoms with Gasteiger partial charge in [-0.1, -0.05) is 6.07 Å². The fraction of sp³-hybridized carbons (Fsp3) is 0.571. The van der Waals surface area contributed by atoms with Crippen LogP contribution in [0.3, 0.4) is 0 Å². The molecule has 152 valence electrons. The van der Waals surface area contributed by atoms with Gasteiger partial charge in [0.25, 0.3) is 5.91 Å². The normalized spacial score (nSPS) is 23.5. The maximum Gasteiger partial charge on any atom is 0.286 e. The summed E-state index contributed by atoms with van der Waals surface area (Å²) in [5, 5.41) is 12.0. The Morgan fingerprint density at radius 3 is 2.86 bits per heavy atom. The molecule has 1 saturated carbocycles. The maximum absolute atomic E-state index is 12.6. The third-order valence-electron chi connectivity index (χ3n) is 5.40. The summed E-state index contributed by atoms with van der Waals surface area (Å²) < 4.78 is 22.6. The van der Waals surface area contributed by atoms with Crippen molar-refractivity contribution in [3.05, 3.63) is 35.6 Å². The van der Waals surface area contributed by atoms with E-state index in [0.717, 1.165) is 42.7 Å². The van der Waals surface area contributed by atoms with Gasteiger partial charge in [-0.15, -0.1) is 0 Å². The van der Waals surface area contributed by atoms with Crippen LogP contribution < -0.4 is 14.8 Å². The lowest BCUT2D eigenvalue weighted by Gasteiger charge is -2.31. The van der Waals surface area contributed by atoms with Crippen molar-refractivity contribution in [1.82, 2.24) is 5.32 Å². The largest absolute Gasteiger partial charge is 0.459 e. The molecule has 2 aliphatic heterocycles. The molecule has 2 heterocycles. The number of benzene rings is 1. The van der Waals surface area contributed by atoms with E-state index in [1.54, 1.807) is 0 Å². The molecule has 0 aromatic heterocycles. The van der Waals surface area contributed by atoms with E-state index < -0.39 is 6.29 Å². The molecule has 1 amide bonds. The summed E-state index contributed by atoms with van der Waals surface area (Å²) in [5.41, 5.74) is 1.03. The van der Waals surface area contributed by atoms with Crippen molar-refractivity contribution < 1.29 is 28.8 Å². The number of unbranched alkanes of at least 4 members (excludes halogenated alkanes) is 1. The molecule has 0 spiro atoms. The van der Waals surface area contributed by atoms with Crippen LogP contribution in [0.1, 0.15) is 50.0 Å². The van der Waals surface area contributed by atoms with Crippen LogP contribution in [0, 0.1) is 0 Å². The van der Waals surface area contributed by atoms with Gasteiger partial charge in [-0.2, -0.15) is 0 Å². The summed E-state index contributed by atoms with van der Waals surface area (Å²) in [6.45, 7) is 0.855. The number of carbonyl (C=O) groups is 1. The monoisotopic (exact) mass is 389 g/mol. The Labute approximate surface area is 164 Å². The van der Waals surface area contributed by atoms with Crippen LogP contribution in [0.15, 0.2) is 30.0 Å². The molecule has 2 atom stereocenters. The second-order valence-electron chi connectivity index (χ2n) is 7.44. The van der Waals surface area contributed by atoms with E-state index in [-0.39, 0.29) is 31.3 Å². The fourth-order valence-corrected chi connectivity index (χ4v) is 3.53. The van der Waals surface area contributed by atoms with Crippen LogP contribution >= 0.6 is 0 Å². The number of aliphatic hydroxyl groups excluding tert-OH is 1. The van der Waals surface area contributed by atoms with Crippen molar-refractivity contribution in [2.45, 2.75) is 56.8 Å². The topological polar surface area (TPSA) is 86.3 Å². The number of amides is 1. The lowest BCUT2D eigenvalue weighted by atomic mass is 9.91. The van der Waals surface area contributed by atoms with Gasteiger partial charge < -0.3 is 29.4 Å². The van der Waals surface area contributed by atoms with Gasteiger partial charge in [-0.05, 0) is 55.9 Å². The highest BCUT2D eigenvalue weighted by Crippen LogP contribution is 2.38. The number of fused-ring (bicyclic) bond motifs is 1. The number of aliphatic hydroxyl groups is 1. The van der Waals surface area contributed by atoms with Crippen LogP contribution in [-0.2, 0) is 14.3 Å². The number of carbonyl (C=O) groups excluding carboxylic acids is 1. The van der Waals surface area contributed by atoms with Gasteiger partial charge in [0.05, 0.1) is 6.61 Å². The first-order valence-corrected chi connectivity index (χ1v) is 10.0. The van der Waals surface area contributed by atoms with Gasteiger partial charge in [0.1, 0.15) is 0 Å². The lowest BCUT2D eigenvalue weighted by Crippen LogP contribution is -2.42. The van der Waals surface area contributed by atoms with Crippen LogP contribution in [0.2, 0.25) is 0 Å². The van der Waals surface area contributed by atoms with Crippen LogP contribution in [0.5, 0.6) is 11.5 Å². The number of hydrogen-bond acceptors (Lipinski definition) is 6. The van der Waals surface area contributed by atoms with Crippen molar-refractivity contribution in [3.63, 3.8) is 0 Å². The van der Waals surface area contributed by atoms with E-state index in [2.05, 4.69) is 5.32 Å². The highest BCUT2D eigenvalue weighted by molar-refractivity contribution is 5.92.